The summed E-state index contributed by atoms with van der Waals surface area (Å²) in [5.74, 6) is 0.145. The number of carbonyl (C=O) groups is 1. The molecule has 1 aromatic carbocycles. The predicted molar refractivity (Wildman–Crippen MR) is 89.9 cm³/mol. The molecule has 0 spiro atoms. The van der Waals surface area contributed by atoms with E-state index >= 15 is 0 Å². The molecule has 4 rings (SSSR count). The fourth-order valence-electron chi connectivity index (χ4n) is 3.00. The Morgan fingerprint density at radius 2 is 2.04 bits per heavy atom. The van der Waals surface area contributed by atoms with Crippen molar-refractivity contribution in [2.24, 2.45) is 0 Å². The molecule has 2 saturated carbocycles. The van der Waals surface area contributed by atoms with Gasteiger partial charge in [-0.1, -0.05) is 17.7 Å². The van der Waals surface area contributed by atoms with Crippen molar-refractivity contribution in [3.63, 3.8) is 0 Å². The first-order valence-electron chi connectivity index (χ1n) is 8.43. The molecule has 126 valence electrons. The summed E-state index contributed by atoms with van der Waals surface area (Å²) in [5.41, 5.74) is 2.36. The van der Waals surface area contributed by atoms with E-state index in [9.17, 15) is 9.18 Å². The summed E-state index contributed by atoms with van der Waals surface area (Å²) in [4.78, 5) is 12.2. The fourth-order valence-corrected chi connectivity index (χ4v) is 3.24. The van der Waals surface area contributed by atoms with Crippen molar-refractivity contribution in [1.82, 2.24) is 15.1 Å². The van der Waals surface area contributed by atoms with E-state index in [2.05, 4.69) is 11.4 Å². The van der Waals surface area contributed by atoms with Gasteiger partial charge in [-0.15, -0.1) is 0 Å². The van der Waals surface area contributed by atoms with Gasteiger partial charge in [0, 0.05) is 24.1 Å². The van der Waals surface area contributed by atoms with E-state index in [1.54, 1.807) is 0 Å². The Balaban J connectivity index is 1.41. The van der Waals surface area contributed by atoms with Gasteiger partial charge < -0.3 is 5.32 Å². The first-order chi connectivity index (χ1) is 11.6. The standard InChI is InChI=1S/C18H19ClFN3O/c19-13-2-1-3-14(20)17(13)18(24)21-8-9-23-16(12-6-7-12)10-15(22-23)11-4-5-11/h1-3,10-12H,4-9H2,(H,21,24). The van der Waals surface area contributed by atoms with Crippen LogP contribution in [0.3, 0.4) is 0 Å². The minimum absolute atomic E-state index is 0.0966. The van der Waals surface area contributed by atoms with Gasteiger partial charge in [0.1, 0.15) is 5.82 Å². The van der Waals surface area contributed by atoms with Gasteiger partial charge in [0.15, 0.2) is 0 Å². The second kappa shape index (κ2) is 6.20. The number of benzene rings is 1. The Kier molecular flexibility index (Phi) is 4.04. The number of nitrogens with one attached hydrogen (secondary N) is 1. The van der Waals surface area contributed by atoms with Crippen molar-refractivity contribution >= 4 is 17.5 Å². The van der Waals surface area contributed by atoms with Crippen molar-refractivity contribution < 1.29 is 9.18 Å². The van der Waals surface area contributed by atoms with E-state index in [0.717, 1.165) is 0 Å². The van der Waals surface area contributed by atoms with Gasteiger partial charge in [-0.2, -0.15) is 5.10 Å². The molecule has 2 aliphatic rings. The van der Waals surface area contributed by atoms with Crippen LogP contribution in [0, 0.1) is 5.82 Å². The van der Waals surface area contributed by atoms with Gasteiger partial charge in [0.25, 0.3) is 5.91 Å². The van der Waals surface area contributed by atoms with Gasteiger partial charge >= 0.3 is 0 Å². The Hall–Kier alpha value is -1.88. The number of hydrogen-bond acceptors (Lipinski definition) is 2. The Labute approximate surface area is 145 Å². The zero-order valence-corrected chi connectivity index (χ0v) is 14.0. The van der Waals surface area contributed by atoms with Crippen LogP contribution in [-0.2, 0) is 6.54 Å². The van der Waals surface area contributed by atoms with Crippen LogP contribution in [0.1, 0.15) is 59.3 Å². The molecule has 1 aromatic heterocycles. The molecule has 0 atom stereocenters. The molecule has 6 heteroatoms. The van der Waals surface area contributed by atoms with Crippen LogP contribution in [0.4, 0.5) is 4.39 Å². The number of rotatable bonds is 6. The van der Waals surface area contributed by atoms with E-state index in [4.69, 9.17) is 16.7 Å². The lowest BCUT2D eigenvalue weighted by molar-refractivity contribution is 0.0948. The highest BCUT2D eigenvalue weighted by atomic mass is 35.5. The number of halogens is 2. The van der Waals surface area contributed by atoms with E-state index in [1.165, 1.54) is 55.3 Å². The van der Waals surface area contributed by atoms with Gasteiger partial charge in [0.05, 0.1) is 22.8 Å². The molecule has 1 N–H and O–H groups in total. The van der Waals surface area contributed by atoms with Crippen LogP contribution in [-0.4, -0.2) is 22.2 Å². The smallest absolute Gasteiger partial charge is 0.255 e. The van der Waals surface area contributed by atoms with Crippen molar-refractivity contribution in [3.8, 4) is 0 Å². The van der Waals surface area contributed by atoms with Gasteiger partial charge in [0.2, 0.25) is 0 Å². The Morgan fingerprint density at radius 3 is 2.71 bits per heavy atom. The molecule has 0 saturated heterocycles. The highest BCUT2D eigenvalue weighted by molar-refractivity contribution is 6.33. The van der Waals surface area contributed by atoms with Crippen LogP contribution < -0.4 is 5.32 Å². The van der Waals surface area contributed by atoms with E-state index in [0.29, 0.717) is 24.9 Å². The largest absolute Gasteiger partial charge is 0.350 e. The fraction of sp³-hybridized carbons (Fsp3) is 0.444. The first-order valence-corrected chi connectivity index (χ1v) is 8.81. The Morgan fingerprint density at radius 1 is 1.29 bits per heavy atom. The molecule has 0 radical (unpaired) electrons. The molecule has 1 amide bonds. The molecule has 0 bridgehead atoms. The van der Waals surface area contributed by atoms with Crippen LogP contribution in [0.25, 0.3) is 0 Å². The minimum Gasteiger partial charge on any atom is -0.350 e. The van der Waals surface area contributed by atoms with Crippen LogP contribution in [0.5, 0.6) is 0 Å². The zero-order chi connectivity index (χ0) is 16.7. The van der Waals surface area contributed by atoms with Gasteiger partial charge in [-0.25, -0.2) is 4.39 Å². The molecular weight excluding hydrogens is 329 g/mol. The summed E-state index contributed by atoms with van der Waals surface area (Å²) >= 11 is 5.92. The first kappa shape index (κ1) is 15.6. The summed E-state index contributed by atoms with van der Waals surface area (Å²) < 4.78 is 15.8. The van der Waals surface area contributed by atoms with Crippen molar-refractivity contribution in [2.45, 2.75) is 44.1 Å². The highest BCUT2D eigenvalue weighted by Crippen LogP contribution is 2.44. The van der Waals surface area contributed by atoms with Crippen LogP contribution in [0.2, 0.25) is 5.02 Å². The summed E-state index contributed by atoms with van der Waals surface area (Å²) in [6.07, 6.45) is 4.88. The number of nitrogens with zero attached hydrogens (tertiary/aromatic N) is 2. The minimum atomic E-state index is -0.603. The third-order valence-electron chi connectivity index (χ3n) is 4.62. The second-order valence-corrected chi connectivity index (χ2v) is 7.03. The topological polar surface area (TPSA) is 46.9 Å². The number of carbonyl (C=O) groups excluding carboxylic acids is 1. The van der Waals surface area contributed by atoms with Crippen LogP contribution in [0.15, 0.2) is 24.3 Å². The lowest BCUT2D eigenvalue weighted by Crippen LogP contribution is -2.29. The molecule has 0 aliphatic heterocycles. The average Bonchev–Trinajstić information content (AvgIpc) is 3.46. The van der Waals surface area contributed by atoms with Crippen molar-refractivity contribution in [2.75, 3.05) is 6.54 Å². The van der Waals surface area contributed by atoms with Gasteiger partial charge in [-0.05, 0) is 43.9 Å². The lowest BCUT2D eigenvalue weighted by Gasteiger charge is -2.09. The van der Waals surface area contributed by atoms with Crippen LogP contribution >= 0.6 is 11.6 Å². The predicted octanol–water partition coefficient (Wildman–Crippen LogP) is 3.86. The second-order valence-electron chi connectivity index (χ2n) is 6.62. The van der Waals surface area contributed by atoms with Gasteiger partial charge in [-0.3, -0.25) is 9.48 Å². The quantitative estimate of drug-likeness (QED) is 0.862. The molecule has 2 fully saturated rings. The SMILES string of the molecule is O=C(NCCn1nc(C2CC2)cc1C1CC1)c1c(F)cccc1Cl. The van der Waals surface area contributed by atoms with E-state index in [1.807, 2.05) is 4.68 Å². The molecule has 24 heavy (non-hydrogen) atoms. The third-order valence-corrected chi connectivity index (χ3v) is 4.94. The van der Waals surface area contributed by atoms with Crippen molar-refractivity contribution in [3.05, 3.63) is 52.1 Å². The number of aromatic nitrogens is 2. The van der Waals surface area contributed by atoms with Crippen molar-refractivity contribution in [1.29, 1.82) is 0 Å². The Bertz CT molecular complexity index is 760. The van der Waals surface area contributed by atoms with E-state index < -0.39 is 11.7 Å². The summed E-state index contributed by atoms with van der Waals surface area (Å²) in [6.45, 7) is 0.991. The summed E-state index contributed by atoms with van der Waals surface area (Å²) in [5, 5.41) is 7.58. The summed E-state index contributed by atoms with van der Waals surface area (Å²) in [6, 6.07) is 6.46. The molecule has 0 unspecified atom stereocenters. The highest BCUT2D eigenvalue weighted by Gasteiger charge is 2.32. The maximum Gasteiger partial charge on any atom is 0.255 e. The average molecular weight is 348 g/mol. The normalized spacial score (nSPS) is 17.1. The summed E-state index contributed by atoms with van der Waals surface area (Å²) in [7, 11) is 0. The molecule has 4 nitrogen and oxygen atoms in total. The lowest BCUT2D eigenvalue weighted by atomic mass is 10.2. The molecule has 2 aromatic rings. The maximum absolute atomic E-state index is 13.8. The number of amides is 1. The molecular formula is C18H19ClFN3O. The zero-order valence-electron chi connectivity index (χ0n) is 13.3. The van der Waals surface area contributed by atoms with E-state index in [-0.39, 0.29) is 10.6 Å². The molecule has 1 heterocycles. The maximum atomic E-state index is 13.8. The third kappa shape index (κ3) is 3.18. The molecule has 2 aliphatic carbocycles. The monoisotopic (exact) mass is 347 g/mol. The number of hydrogen-bond donors (Lipinski definition) is 1.